The lowest BCUT2D eigenvalue weighted by Gasteiger charge is -2.10. The molecule has 0 spiro atoms. The summed E-state index contributed by atoms with van der Waals surface area (Å²) in [4.78, 5) is 38.5. The van der Waals surface area contributed by atoms with Crippen LogP contribution in [-0.2, 0) is 11.2 Å². The molecule has 0 saturated heterocycles. The fraction of sp³-hybridized carbons (Fsp3) is 0.115. The van der Waals surface area contributed by atoms with Gasteiger partial charge in [0.2, 0.25) is 5.91 Å². The highest BCUT2D eigenvalue weighted by Crippen LogP contribution is 2.25. The van der Waals surface area contributed by atoms with Gasteiger partial charge < -0.3 is 10.1 Å². The molecule has 0 radical (unpaired) electrons. The topological polar surface area (TPSA) is 93.2 Å². The van der Waals surface area contributed by atoms with E-state index in [1.54, 1.807) is 38.3 Å². The molecule has 7 nitrogen and oxygen atoms in total. The van der Waals surface area contributed by atoms with Crippen LogP contribution in [0, 0.1) is 6.92 Å². The van der Waals surface area contributed by atoms with Crippen LogP contribution < -0.4 is 21.3 Å². The number of nitrogens with zero attached hydrogens (tertiary/aromatic N) is 1. The van der Waals surface area contributed by atoms with Crippen LogP contribution in [0.4, 0.5) is 5.69 Å². The second kappa shape index (κ2) is 9.40. The molecule has 0 aliphatic carbocycles. The number of amides is 1. The zero-order chi connectivity index (χ0) is 23.4. The van der Waals surface area contributed by atoms with E-state index in [1.165, 1.54) is 10.8 Å². The first-order chi connectivity index (χ1) is 15.9. The summed E-state index contributed by atoms with van der Waals surface area (Å²) < 4.78 is 6.65. The number of methoxy groups -OCH3 is 1. The predicted octanol–water partition coefficient (Wildman–Crippen LogP) is 3.69. The first-order valence-corrected chi connectivity index (χ1v) is 10.4. The molecule has 4 rings (SSSR count). The van der Waals surface area contributed by atoms with Crippen LogP contribution in [0.15, 0.2) is 88.6 Å². The number of hydrogen-bond donors (Lipinski definition) is 2. The maximum absolute atomic E-state index is 12.6. The van der Waals surface area contributed by atoms with Crippen LogP contribution in [0.25, 0.3) is 16.8 Å². The number of benzene rings is 3. The largest absolute Gasteiger partial charge is 0.497 e. The number of H-pyrrole nitrogens is 1. The lowest BCUT2D eigenvalue weighted by Crippen LogP contribution is -2.29. The average Bonchev–Trinajstić information content (AvgIpc) is 2.82. The van der Waals surface area contributed by atoms with Crippen molar-refractivity contribution in [3.63, 3.8) is 0 Å². The Bertz CT molecular complexity index is 1420. The van der Waals surface area contributed by atoms with Gasteiger partial charge in [0.1, 0.15) is 5.75 Å². The van der Waals surface area contributed by atoms with Gasteiger partial charge in [0.25, 0.3) is 5.56 Å². The average molecular weight is 441 g/mol. The number of aromatic nitrogens is 2. The number of ether oxygens (including phenoxy) is 1. The Hall–Kier alpha value is -4.39. The van der Waals surface area contributed by atoms with Gasteiger partial charge in [0, 0.05) is 17.4 Å². The molecular formula is C26H23N3O4. The predicted molar refractivity (Wildman–Crippen MR) is 128 cm³/mol. The first kappa shape index (κ1) is 21.8. The molecule has 0 aliphatic rings. The lowest BCUT2D eigenvalue weighted by atomic mass is 10.0. The highest BCUT2D eigenvalue weighted by molar-refractivity contribution is 5.92. The quantitative estimate of drug-likeness (QED) is 0.477. The molecule has 0 unspecified atom stereocenters. The number of aryl methyl sites for hydroxylation is 1. The van der Waals surface area contributed by atoms with Crippen LogP contribution >= 0.6 is 0 Å². The van der Waals surface area contributed by atoms with Crippen LogP contribution in [0.1, 0.15) is 11.1 Å². The summed E-state index contributed by atoms with van der Waals surface area (Å²) >= 11 is 0. The van der Waals surface area contributed by atoms with E-state index in [0.29, 0.717) is 16.9 Å². The molecule has 1 amide bonds. The maximum Gasteiger partial charge on any atom is 0.332 e. The molecule has 0 fully saturated rings. The number of aromatic amines is 1. The lowest BCUT2D eigenvalue weighted by molar-refractivity contribution is -0.115. The van der Waals surface area contributed by atoms with Crippen molar-refractivity contribution in [3.05, 3.63) is 111 Å². The minimum Gasteiger partial charge on any atom is -0.497 e. The highest BCUT2D eigenvalue weighted by atomic mass is 16.5. The van der Waals surface area contributed by atoms with Gasteiger partial charge in [0.15, 0.2) is 0 Å². The van der Waals surface area contributed by atoms with Crippen LogP contribution in [0.2, 0.25) is 0 Å². The Balaban J connectivity index is 1.46. The van der Waals surface area contributed by atoms with E-state index < -0.39 is 11.2 Å². The molecule has 0 aliphatic heterocycles. The third-order valence-electron chi connectivity index (χ3n) is 5.24. The van der Waals surface area contributed by atoms with Crippen molar-refractivity contribution in [2.75, 3.05) is 12.4 Å². The zero-order valence-corrected chi connectivity index (χ0v) is 18.3. The van der Waals surface area contributed by atoms with E-state index in [9.17, 15) is 14.4 Å². The summed E-state index contributed by atoms with van der Waals surface area (Å²) in [6.07, 6.45) is 1.71. The minimum atomic E-state index is -0.515. The van der Waals surface area contributed by atoms with Crippen molar-refractivity contribution in [2.45, 2.75) is 13.3 Å². The van der Waals surface area contributed by atoms with Gasteiger partial charge in [-0.3, -0.25) is 19.1 Å². The summed E-state index contributed by atoms with van der Waals surface area (Å²) in [5.41, 5.74) is 3.62. The fourth-order valence-corrected chi connectivity index (χ4v) is 3.52. The first-order valence-electron chi connectivity index (χ1n) is 10.4. The standard InChI is InChI=1S/C26H23N3O4/c1-17-16-29(26(32)28-25(17)31)22-11-9-21(10-12-22)27-24(30)14-18-5-3-6-19(13-18)20-7-4-8-23(15-20)33-2/h3-13,15-16H,14H2,1-2H3,(H,27,30)(H,28,31,32). The Morgan fingerprint density at radius 3 is 2.39 bits per heavy atom. The normalized spacial score (nSPS) is 10.6. The molecule has 0 atom stereocenters. The summed E-state index contributed by atoms with van der Waals surface area (Å²) in [5.74, 6) is 0.626. The van der Waals surface area contributed by atoms with E-state index in [1.807, 2.05) is 48.5 Å². The van der Waals surface area contributed by atoms with Gasteiger partial charge in [0.05, 0.1) is 19.2 Å². The summed E-state index contributed by atoms with van der Waals surface area (Å²) in [6.45, 7) is 1.63. The highest BCUT2D eigenvalue weighted by Gasteiger charge is 2.08. The van der Waals surface area contributed by atoms with E-state index in [-0.39, 0.29) is 12.3 Å². The van der Waals surface area contributed by atoms with Crippen molar-refractivity contribution in [1.29, 1.82) is 0 Å². The molecule has 166 valence electrons. The van der Waals surface area contributed by atoms with Gasteiger partial charge >= 0.3 is 5.69 Å². The Morgan fingerprint density at radius 1 is 0.970 bits per heavy atom. The van der Waals surface area contributed by atoms with Crippen molar-refractivity contribution < 1.29 is 9.53 Å². The monoisotopic (exact) mass is 441 g/mol. The van der Waals surface area contributed by atoms with E-state index in [0.717, 1.165) is 22.4 Å². The fourth-order valence-electron chi connectivity index (χ4n) is 3.52. The van der Waals surface area contributed by atoms with Gasteiger partial charge in [-0.15, -0.1) is 0 Å². The van der Waals surface area contributed by atoms with Gasteiger partial charge in [-0.2, -0.15) is 0 Å². The molecule has 7 heteroatoms. The third-order valence-corrected chi connectivity index (χ3v) is 5.24. The van der Waals surface area contributed by atoms with Gasteiger partial charge in [-0.05, 0) is 60.0 Å². The second-order valence-electron chi connectivity index (χ2n) is 7.65. The Morgan fingerprint density at radius 2 is 1.67 bits per heavy atom. The Kier molecular flexibility index (Phi) is 6.22. The van der Waals surface area contributed by atoms with Gasteiger partial charge in [-0.25, -0.2) is 4.79 Å². The van der Waals surface area contributed by atoms with Crippen LogP contribution in [0.3, 0.4) is 0 Å². The number of carbonyl (C=O) groups is 1. The second-order valence-corrected chi connectivity index (χ2v) is 7.65. The van der Waals surface area contributed by atoms with Gasteiger partial charge in [-0.1, -0.05) is 36.4 Å². The summed E-state index contributed by atoms with van der Waals surface area (Å²) in [5, 5.41) is 2.88. The summed E-state index contributed by atoms with van der Waals surface area (Å²) in [6, 6.07) is 22.4. The van der Waals surface area contributed by atoms with Crippen LogP contribution in [0.5, 0.6) is 5.75 Å². The maximum atomic E-state index is 12.6. The molecule has 33 heavy (non-hydrogen) atoms. The molecule has 4 aromatic rings. The van der Waals surface area contributed by atoms with Crippen molar-refractivity contribution in [2.24, 2.45) is 0 Å². The molecule has 3 aromatic carbocycles. The zero-order valence-electron chi connectivity index (χ0n) is 18.3. The number of carbonyl (C=O) groups excluding carboxylic acids is 1. The molecule has 1 aromatic heterocycles. The number of anilines is 1. The molecular weight excluding hydrogens is 418 g/mol. The van der Waals surface area contributed by atoms with Crippen molar-refractivity contribution in [1.82, 2.24) is 9.55 Å². The molecule has 1 heterocycles. The molecule has 2 N–H and O–H groups in total. The number of hydrogen-bond acceptors (Lipinski definition) is 4. The van der Waals surface area contributed by atoms with Crippen molar-refractivity contribution >= 4 is 11.6 Å². The van der Waals surface area contributed by atoms with Crippen LogP contribution in [-0.4, -0.2) is 22.6 Å². The smallest absolute Gasteiger partial charge is 0.332 e. The molecule has 0 saturated carbocycles. The van der Waals surface area contributed by atoms with Crippen molar-refractivity contribution in [3.8, 4) is 22.6 Å². The number of rotatable bonds is 6. The molecule has 0 bridgehead atoms. The minimum absolute atomic E-state index is 0.150. The van der Waals surface area contributed by atoms with E-state index in [2.05, 4.69) is 10.3 Å². The third kappa shape index (κ3) is 5.10. The summed E-state index contributed by atoms with van der Waals surface area (Å²) in [7, 11) is 1.63. The van der Waals surface area contributed by atoms with E-state index >= 15 is 0 Å². The SMILES string of the molecule is COc1cccc(-c2cccc(CC(=O)Nc3ccc(-n4cc(C)c(=O)[nH]c4=O)cc3)c2)c1. The number of nitrogens with one attached hydrogen (secondary N) is 2. The Labute approximate surface area is 190 Å². The van der Waals surface area contributed by atoms with E-state index in [4.69, 9.17) is 4.74 Å².